The summed E-state index contributed by atoms with van der Waals surface area (Å²) >= 11 is 0. The first kappa shape index (κ1) is 22.8. The van der Waals surface area contributed by atoms with Crippen LogP contribution < -0.4 is 0 Å². The van der Waals surface area contributed by atoms with Crippen molar-refractivity contribution >= 4 is 0 Å². The third kappa shape index (κ3) is 3.71. The second-order valence-electron chi connectivity index (χ2n) is 12.2. The Morgan fingerprint density at radius 1 is 0.967 bits per heavy atom. The quantitative estimate of drug-likeness (QED) is 0.529. The molecule has 0 heterocycles. The molecule has 0 aliphatic heterocycles. The number of hydrogen-bond acceptors (Lipinski definition) is 3. The number of rotatable bonds is 5. The van der Waals surface area contributed by atoms with Crippen LogP contribution in [0.25, 0.3) is 0 Å². The summed E-state index contributed by atoms with van der Waals surface area (Å²) < 4.78 is 0. The third-order valence-electron chi connectivity index (χ3n) is 10.8. The van der Waals surface area contributed by atoms with E-state index in [0.29, 0.717) is 17.3 Å². The predicted molar refractivity (Wildman–Crippen MR) is 122 cm³/mol. The molecule has 4 fully saturated rings. The Morgan fingerprint density at radius 3 is 2.40 bits per heavy atom. The molecule has 4 rings (SSSR count). The minimum absolute atomic E-state index is 0.180. The number of aliphatic hydroxyl groups excluding tert-OH is 3. The van der Waals surface area contributed by atoms with Crippen LogP contribution in [0.15, 0.2) is 11.6 Å². The van der Waals surface area contributed by atoms with Crippen LogP contribution in [0.1, 0.15) is 91.9 Å². The summed E-state index contributed by atoms with van der Waals surface area (Å²) in [5.74, 6) is 3.98. The number of hydrogen-bond donors (Lipinski definition) is 3. The molecule has 0 aromatic rings. The van der Waals surface area contributed by atoms with Gasteiger partial charge in [0.15, 0.2) is 0 Å². The van der Waals surface area contributed by atoms with Gasteiger partial charge in [0.25, 0.3) is 0 Å². The van der Waals surface area contributed by atoms with Gasteiger partial charge in [-0.2, -0.15) is 0 Å². The fourth-order valence-corrected chi connectivity index (χ4v) is 9.11. The van der Waals surface area contributed by atoms with E-state index in [0.717, 1.165) is 61.3 Å². The second-order valence-corrected chi connectivity index (χ2v) is 12.2. The van der Waals surface area contributed by atoms with E-state index >= 15 is 0 Å². The summed E-state index contributed by atoms with van der Waals surface area (Å²) in [6.45, 7) is 9.70. The average Bonchev–Trinajstić information content (AvgIpc) is 3.06. The van der Waals surface area contributed by atoms with E-state index < -0.39 is 0 Å². The molecule has 0 spiro atoms. The second kappa shape index (κ2) is 8.52. The lowest BCUT2D eigenvalue weighted by Gasteiger charge is -2.62. The van der Waals surface area contributed by atoms with Gasteiger partial charge in [0.05, 0.1) is 18.8 Å². The molecule has 10 atom stereocenters. The molecule has 3 heteroatoms. The summed E-state index contributed by atoms with van der Waals surface area (Å²) in [6, 6.07) is 0. The SMILES string of the molecule is CC(=CCCC(C)C1CCC2C3C[C@H](O)C4C[C@H](O)CCC4(C)C3CCC12C)CO. The van der Waals surface area contributed by atoms with Gasteiger partial charge in [-0.1, -0.05) is 32.4 Å². The predicted octanol–water partition coefficient (Wildman–Crippen LogP) is 5.33. The molecule has 0 radical (unpaired) electrons. The Labute approximate surface area is 184 Å². The smallest absolute Gasteiger partial charge is 0.0639 e. The molecule has 0 saturated heterocycles. The minimum atomic E-state index is -0.225. The lowest BCUT2D eigenvalue weighted by atomic mass is 9.44. The average molecular weight is 419 g/mol. The molecule has 0 amide bonds. The molecular formula is C27H46O3. The van der Waals surface area contributed by atoms with E-state index in [1.165, 1.54) is 32.1 Å². The Hall–Kier alpha value is -0.380. The van der Waals surface area contributed by atoms with Gasteiger partial charge in [0.1, 0.15) is 0 Å². The minimum Gasteiger partial charge on any atom is -0.393 e. The highest BCUT2D eigenvalue weighted by Crippen LogP contribution is 2.68. The third-order valence-corrected chi connectivity index (χ3v) is 10.8. The molecule has 3 N–H and O–H groups in total. The highest BCUT2D eigenvalue weighted by Gasteiger charge is 2.62. The van der Waals surface area contributed by atoms with Crippen molar-refractivity contribution in [1.82, 2.24) is 0 Å². The molecule has 4 aliphatic carbocycles. The molecule has 0 bridgehead atoms. The molecule has 30 heavy (non-hydrogen) atoms. The molecule has 3 nitrogen and oxygen atoms in total. The monoisotopic (exact) mass is 418 g/mol. The molecule has 4 saturated carbocycles. The fraction of sp³-hybridized carbons (Fsp3) is 0.926. The topological polar surface area (TPSA) is 60.7 Å². The van der Waals surface area contributed by atoms with Gasteiger partial charge in [-0.25, -0.2) is 0 Å². The van der Waals surface area contributed by atoms with Crippen molar-refractivity contribution in [1.29, 1.82) is 0 Å². The van der Waals surface area contributed by atoms with Crippen LogP contribution in [-0.2, 0) is 0 Å². The first-order valence-electron chi connectivity index (χ1n) is 12.8. The van der Waals surface area contributed by atoms with E-state index in [2.05, 4.69) is 26.8 Å². The van der Waals surface area contributed by atoms with Crippen molar-refractivity contribution in [2.24, 2.45) is 46.3 Å². The summed E-state index contributed by atoms with van der Waals surface area (Å²) in [5.41, 5.74) is 1.74. The van der Waals surface area contributed by atoms with E-state index in [-0.39, 0.29) is 24.2 Å². The normalized spacial score (nSPS) is 49.8. The van der Waals surface area contributed by atoms with Crippen LogP contribution in [0, 0.1) is 46.3 Å². The maximum Gasteiger partial charge on any atom is 0.0639 e. The van der Waals surface area contributed by atoms with Crippen molar-refractivity contribution in [2.45, 2.75) is 104 Å². The van der Waals surface area contributed by atoms with Gasteiger partial charge in [0, 0.05) is 0 Å². The molecule has 8 unspecified atom stereocenters. The number of aliphatic hydroxyl groups is 3. The molecular weight excluding hydrogens is 372 g/mol. The Kier molecular flexibility index (Phi) is 6.48. The first-order valence-corrected chi connectivity index (χ1v) is 12.8. The van der Waals surface area contributed by atoms with Crippen LogP contribution in [0.2, 0.25) is 0 Å². The van der Waals surface area contributed by atoms with Crippen LogP contribution in [0.5, 0.6) is 0 Å². The zero-order valence-electron chi connectivity index (χ0n) is 19.8. The van der Waals surface area contributed by atoms with Crippen LogP contribution in [0.3, 0.4) is 0 Å². The zero-order valence-corrected chi connectivity index (χ0v) is 19.8. The van der Waals surface area contributed by atoms with Crippen molar-refractivity contribution in [2.75, 3.05) is 6.61 Å². The lowest BCUT2D eigenvalue weighted by molar-refractivity contribution is -0.172. The summed E-state index contributed by atoms with van der Waals surface area (Å²) in [5, 5.41) is 30.7. The highest BCUT2D eigenvalue weighted by molar-refractivity contribution is 5.11. The Bertz CT molecular complexity index is 644. The van der Waals surface area contributed by atoms with Crippen molar-refractivity contribution in [3.63, 3.8) is 0 Å². The molecule has 0 aromatic carbocycles. The molecule has 0 aromatic heterocycles. The van der Waals surface area contributed by atoms with Crippen molar-refractivity contribution in [3.05, 3.63) is 11.6 Å². The lowest BCUT2D eigenvalue weighted by Crippen LogP contribution is -2.58. The molecule has 4 aliphatic rings. The van der Waals surface area contributed by atoms with Gasteiger partial charge >= 0.3 is 0 Å². The van der Waals surface area contributed by atoms with Gasteiger partial charge in [-0.3, -0.25) is 0 Å². The van der Waals surface area contributed by atoms with Crippen molar-refractivity contribution < 1.29 is 15.3 Å². The first-order chi connectivity index (χ1) is 14.2. The van der Waals surface area contributed by atoms with E-state index in [4.69, 9.17) is 0 Å². The van der Waals surface area contributed by atoms with Crippen LogP contribution >= 0.6 is 0 Å². The van der Waals surface area contributed by atoms with Gasteiger partial charge in [0.2, 0.25) is 0 Å². The van der Waals surface area contributed by atoms with E-state index in [9.17, 15) is 15.3 Å². The maximum atomic E-state index is 11.2. The number of allylic oxidation sites excluding steroid dienone is 1. The van der Waals surface area contributed by atoms with Gasteiger partial charge in [-0.05, 0) is 117 Å². The summed E-state index contributed by atoms with van der Waals surface area (Å²) in [4.78, 5) is 0. The summed E-state index contributed by atoms with van der Waals surface area (Å²) in [6.07, 6.45) is 13.2. The van der Waals surface area contributed by atoms with Gasteiger partial charge in [-0.15, -0.1) is 0 Å². The van der Waals surface area contributed by atoms with Crippen LogP contribution in [0.4, 0.5) is 0 Å². The fourth-order valence-electron chi connectivity index (χ4n) is 9.11. The highest BCUT2D eigenvalue weighted by atomic mass is 16.3. The van der Waals surface area contributed by atoms with E-state index in [1.807, 2.05) is 6.92 Å². The van der Waals surface area contributed by atoms with Crippen molar-refractivity contribution in [3.8, 4) is 0 Å². The zero-order chi connectivity index (χ0) is 21.7. The standard InChI is InChI=1S/C27H46O3/c1-17(16-28)6-5-7-18(2)21-8-9-22-20-15-25(30)24-14-19(29)10-12-27(24,4)23(20)11-13-26(21,22)3/h6,18-25,28-30H,5,7-16H2,1-4H3/t18?,19-,20?,21?,22?,23?,24?,25+,26?,27?/m1/s1. The largest absolute Gasteiger partial charge is 0.393 e. The number of fused-ring (bicyclic) bond motifs is 5. The van der Waals surface area contributed by atoms with E-state index in [1.54, 1.807) is 0 Å². The molecule has 172 valence electrons. The Morgan fingerprint density at radius 2 is 1.67 bits per heavy atom. The summed E-state index contributed by atoms with van der Waals surface area (Å²) in [7, 11) is 0. The van der Waals surface area contributed by atoms with Gasteiger partial charge < -0.3 is 15.3 Å². The maximum absolute atomic E-state index is 11.2. The van der Waals surface area contributed by atoms with Crippen LogP contribution in [-0.4, -0.2) is 34.1 Å². The Balaban J connectivity index is 1.49.